The highest BCUT2D eigenvalue weighted by Gasteiger charge is 2.36. The Labute approximate surface area is 94.4 Å². The van der Waals surface area contributed by atoms with Crippen LogP contribution < -0.4 is 5.32 Å². The van der Waals surface area contributed by atoms with Gasteiger partial charge in [-0.15, -0.1) is 0 Å². The van der Waals surface area contributed by atoms with E-state index in [0.29, 0.717) is 0 Å². The van der Waals surface area contributed by atoms with Gasteiger partial charge in [-0.2, -0.15) is 0 Å². The first-order valence-electron chi connectivity index (χ1n) is 6.61. The van der Waals surface area contributed by atoms with Gasteiger partial charge in [-0.3, -0.25) is 4.90 Å². The molecule has 2 aliphatic rings. The molecule has 0 aromatic carbocycles. The first kappa shape index (κ1) is 11.4. The Morgan fingerprint density at radius 1 is 1.20 bits per heavy atom. The van der Waals surface area contributed by atoms with Crippen molar-refractivity contribution in [2.45, 2.75) is 51.6 Å². The van der Waals surface area contributed by atoms with Gasteiger partial charge in [0.1, 0.15) is 0 Å². The summed E-state index contributed by atoms with van der Waals surface area (Å²) < 4.78 is 0. The Balaban J connectivity index is 1.75. The molecule has 88 valence electrons. The van der Waals surface area contributed by atoms with Gasteiger partial charge in [-0.1, -0.05) is 13.8 Å². The molecule has 0 amide bonds. The number of hydrogen-bond acceptors (Lipinski definition) is 2. The van der Waals surface area contributed by atoms with E-state index in [-0.39, 0.29) is 0 Å². The summed E-state index contributed by atoms with van der Waals surface area (Å²) in [6.45, 7) is 7.16. The third-order valence-electron chi connectivity index (χ3n) is 4.52. The molecule has 0 radical (unpaired) electrons. The molecule has 2 heteroatoms. The van der Waals surface area contributed by atoms with E-state index in [1.807, 2.05) is 0 Å². The second kappa shape index (κ2) is 4.84. The lowest BCUT2D eigenvalue weighted by molar-refractivity contribution is 0.0372. The van der Waals surface area contributed by atoms with Crippen molar-refractivity contribution < 1.29 is 0 Å². The molecule has 15 heavy (non-hydrogen) atoms. The molecule has 2 rings (SSSR count). The third-order valence-corrected chi connectivity index (χ3v) is 4.52. The molecule has 0 bridgehead atoms. The van der Waals surface area contributed by atoms with Crippen LogP contribution in [0.2, 0.25) is 0 Å². The van der Waals surface area contributed by atoms with Crippen molar-refractivity contribution in [3.63, 3.8) is 0 Å². The predicted octanol–water partition coefficient (Wildman–Crippen LogP) is 2.10. The summed E-state index contributed by atoms with van der Waals surface area (Å²) >= 11 is 0. The maximum absolute atomic E-state index is 3.51. The molecule has 1 aliphatic carbocycles. The molecule has 2 nitrogen and oxygen atoms in total. The fourth-order valence-corrected chi connectivity index (χ4v) is 2.99. The van der Waals surface area contributed by atoms with Crippen LogP contribution in [0.15, 0.2) is 0 Å². The van der Waals surface area contributed by atoms with Crippen molar-refractivity contribution in [3.05, 3.63) is 0 Å². The average Bonchev–Trinajstić information content (AvgIpc) is 2.16. The number of hydrogen-bond donors (Lipinski definition) is 1. The third kappa shape index (κ3) is 2.54. The number of piperidine rings is 1. The van der Waals surface area contributed by atoms with E-state index in [1.165, 1.54) is 38.8 Å². The van der Waals surface area contributed by atoms with Gasteiger partial charge in [0, 0.05) is 18.6 Å². The molecule has 1 unspecified atom stereocenters. The van der Waals surface area contributed by atoms with E-state index >= 15 is 0 Å². The molecule has 1 atom stereocenters. The summed E-state index contributed by atoms with van der Waals surface area (Å²) in [5, 5.41) is 3.51. The minimum absolute atomic E-state index is 0.803. The molecular weight excluding hydrogens is 184 g/mol. The summed E-state index contributed by atoms with van der Waals surface area (Å²) in [6, 6.07) is 1.68. The second-order valence-electron chi connectivity index (χ2n) is 5.79. The quantitative estimate of drug-likeness (QED) is 0.767. The maximum atomic E-state index is 3.51. The smallest absolute Gasteiger partial charge is 0.0221 e. The van der Waals surface area contributed by atoms with Crippen molar-refractivity contribution >= 4 is 0 Å². The zero-order valence-electron chi connectivity index (χ0n) is 10.5. The molecule has 0 aromatic rings. The SMILES string of the molecule is CC(C)C1CC(N(C)C2CCCNC2)C1. The topological polar surface area (TPSA) is 15.3 Å². The summed E-state index contributed by atoms with van der Waals surface area (Å²) in [5.74, 6) is 1.88. The van der Waals surface area contributed by atoms with Crippen LogP contribution in [-0.2, 0) is 0 Å². The van der Waals surface area contributed by atoms with Gasteiger partial charge in [0.25, 0.3) is 0 Å². The Morgan fingerprint density at radius 2 is 1.93 bits per heavy atom. The Kier molecular flexibility index (Phi) is 3.68. The lowest BCUT2D eigenvalue weighted by Gasteiger charge is -2.47. The molecule has 1 saturated heterocycles. The first-order chi connectivity index (χ1) is 7.18. The summed E-state index contributed by atoms with van der Waals surface area (Å²) in [4.78, 5) is 2.64. The fraction of sp³-hybridized carbons (Fsp3) is 1.00. The van der Waals surface area contributed by atoms with Gasteiger partial charge in [-0.25, -0.2) is 0 Å². The fourth-order valence-electron chi connectivity index (χ4n) is 2.99. The summed E-state index contributed by atoms with van der Waals surface area (Å²) in [6.07, 6.45) is 5.62. The molecule has 1 N–H and O–H groups in total. The van der Waals surface area contributed by atoms with Gasteiger partial charge in [-0.05, 0) is 51.1 Å². The van der Waals surface area contributed by atoms with Crippen molar-refractivity contribution in [1.82, 2.24) is 10.2 Å². The molecule has 1 aliphatic heterocycles. The van der Waals surface area contributed by atoms with Crippen molar-refractivity contribution in [1.29, 1.82) is 0 Å². The molecule has 0 spiro atoms. The first-order valence-corrected chi connectivity index (χ1v) is 6.61. The Bertz CT molecular complexity index is 191. The van der Waals surface area contributed by atoms with Gasteiger partial charge >= 0.3 is 0 Å². The van der Waals surface area contributed by atoms with E-state index in [4.69, 9.17) is 0 Å². The number of likely N-dealkylation sites (N-methyl/N-ethyl adjacent to an activating group) is 1. The van der Waals surface area contributed by atoms with Crippen LogP contribution in [0.5, 0.6) is 0 Å². The monoisotopic (exact) mass is 210 g/mol. The van der Waals surface area contributed by atoms with Crippen molar-refractivity contribution in [2.24, 2.45) is 11.8 Å². The maximum Gasteiger partial charge on any atom is 0.0221 e. The predicted molar refractivity (Wildman–Crippen MR) is 65.0 cm³/mol. The lowest BCUT2D eigenvalue weighted by atomic mass is 9.72. The highest BCUT2D eigenvalue weighted by molar-refractivity contribution is 4.91. The van der Waals surface area contributed by atoms with E-state index in [1.54, 1.807) is 0 Å². The molecular formula is C13H26N2. The summed E-state index contributed by atoms with van der Waals surface area (Å²) in [7, 11) is 2.33. The van der Waals surface area contributed by atoms with Crippen LogP contribution in [-0.4, -0.2) is 37.1 Å². The normalized spacial score (nSPS) is 37.0. The van der Waals surface area contributed by atoms with Crippen LogP contribution in [0.1, 0.15) is 39.5 Å². The minimum atomic E-state index is 0.803. The van der Waals surface area contributed by atoms with Gasteiger partial charge in [0.2, 0.25) is 0 Å². The van der Waals surface area contributed by atoms with Crippen LogP contribution in [0.4, 0.5) is 0 Å². The number of nitrogens with one attached hydrogen (secondary N) is 1. The standard InChI is InChI=1S/C13H26N2/c1-10(2)11-7-13(8-11)15(3)12-5-4-6-14-9-12/h10-14H,4-9H2,1-3H3. The number of nitrogens with zero attached hydrogens (tertiary/aromatic N) is 1. The zero-order valence-corrected chi connectivity index (χ0v) is 10.5. The highest BCUT2D eigenvalue weighted by Crippen LogP contribution is 2.37. The van der Waals surface area contributed by atoms with E-state index < -0.39 is 0 Å². The van der Waals surface area contributed by atoms with Gasteiger partial charge < -0.3 is 5.32 Å². The molecule has 0 aromatic heterocycles. The van der Waals surface area contributed by atoms with Crippen LogP contribution in [0, 0.1) is 11.8 Å². The zero-order chi connectivity index (χ0) is 10.8. The van der Waals surface area contributed by atoms with Crippen LogP contribution in [0.3, 0.4) is 0 Å². The average molecular weight is 210 g/mol. The molecule has 1 saturated carbocycles. The van der Waals surface area contributed by atoms with Crippen molar-refractivity contribution in [2.75, 3.05) is 20.1 Å². The molecule has 1 heterocycles. The number of rotatable bonds is 3. The Morgan fingerprint density at radius 3 is 2.47 bits per heavy atom. The van der Waals surface area contributed by atoms with E-state index in [2.05, 4.69) is 31.1 Å². The Hall–Kier alpha value is -0.0800. The summed E-state index contributed by atoms with van der Waals surface area (Å²) in [5.41, 5.74) is 0. The highest BCUT2D eigenvalue weighted by atomic mass is 15.2. The molecule has 2 fully saturated rings. The van der Waals surface area contributed by atoms with Crippen molar-refractivity contribution in [3.8, 4) is 0 Å². The van der Waals surface area contributed by atoms with Gasteiger partial charge in [0.05, 0.1) is 0 Å². The largest absolute Gasteiger partial charge is 0.315 e. The lowest BCUT2D eigenvalue weighted by Crippen LogP contribution is -2.53. The van der Waals surface area contributed by atoms with Gasteiger partial charge in [0.15, 0.2) is 0 Å². The minimum Gasteiger partial charge on any atom is -0.315 e. The second-order valence-corrected chi connectivity index (χ2v) is 5.79. The van der Waals surface area contributed by atoms with Crippen LogP contribution >= 0.6 is 0 Å². The van der Waals surface area contributed by atoms with E-state index in [9.17, 15) is 0 Å². The van der Waals surface area contributed by atoms with Crippen LogP contribution in [0.25, 0.3) is 0 Å². The van der Waals surface area contributed by atoms with E-state index in [0.717, 1.165) is 23.9 Å².